The van der Waals surface area contributed by atoms with Gasteiger partial charge in [-0.1, -0.05) is 13.8 Å². The van der Waals surface area contributed by atoms with Crippen molar-refractivity contribution in [2.45, 2.75) is 18.7 Å². The van der Waals surface area contributed by atoms with Gasteiger partial charge in [0.1, 0.15) is 11.3 Å². The van der Waals surface area contributed by atoms with Crippen molar-refractivity contribution in [3.05, 3.63) is 63.6 Å². The Hall–Kier alpha value is -3.25. The molecule has 1 fully saturated rings. The summed E-state index contributed by atoms with van der Waals surface area (Å²) < 4.78 is 27.3. The average molecular weight is 464 g/mol. The maximum Gasteiger partial charge on any atom is 0.293 e. The van der Waals surface area contributed by atoms with Gasteiger partial charge < -0.3 is 15.0 Å². The van der Waals surface area contributed by atoms with E-state index in [0.29, 0.717) is 36.6 Å². The van der Waals surface area contributed by atoms with Crippen molar-refractivity contribution in [3.8, 4) is 0 Å². The second-order valence-electron chi connectivity index (χ2n) is 7.23. The van der Waals surface area contributed by atoms with Crippen LogP contribution in [0.3, 0.4) is 0 Å². The van der Waals surface area contributed by atoms with E-state index in [2.05, 4.69) is 0 Å². The van der Waals surface area contributed by atoms with E-state index < -0.39 is 14.9 Å². The van der Waals surface area contributed by atoms with Crippen molar-refractivity contribution in [2.75, 3.05) is 44.2 Å². The molecule has 11 nitrogen and oxygen atoms in total. The van der Waals surface area contributed by atoms with E-state index in [1.165, 1.54) is 34.9 Å². The summed E-state index contributed by atoms with van der Waals surface area (Å²) in [5.41, 5.74) is 0.277. The fourth-order valence-electron chi connectivity index (χ4n) is 3.70. The normalized spacial score (nSPS) is 14.6. The zero-order valence-corrected chi connectivity index (χ0v) is 18.7. The molecule has 2 heterocycles. The van der Waals surface area contributed by atoms with Crippen molar-refractivity contribution in [1.29, 1.82) is 0 Å². The Labute approximate surface area is 186 Å². The molecule has 1 aromatic carbocycles. The number of hydrogen-bond acceptors (Lipinski definition) is 7. The highest BCUT2D eigenvalue weighted by Crippen LogP contribution is 2.32. The van der Waals surface area contributed by atoms with E-state index in [0.717, 1.165) is 6.07 Å². The summed E-state index contributed by atoms with van der Waals surface area (Å²) in [7, 11) is -3.83. The molecule has 0 bridgehead atoms. The van der Waals surface area contributed by atoms with Crippen molar-refractivity contribution >= 4 is 27.3 Å². The molecule has 172 valence electrons. The summed E-state index contributed by atoms with van der Waals surface area (Å²) in [4.78, 5) is 27.0. The van der Waals surface area contributed by atoms with Gasteiger partial charge in [0, 0.05) is 51.4 Å². The van der Waals surface area contributed by atoms with Crippen LogP contribution >= 0.6 is 0 Å². The van der Waals surface area contributed by atoms with Crippen LogP contribution in [0.2, 0.25) is 0 Å². The molecule has 32 heavy (non-hydrogen) atoms. The lowest BCUT2D eigenvalue weighted by Crippen LogP contribution is -2.49. The van der Waals surface area contributed by atoms with Gasteiger partial charge in [-0.05, 0) is 18.2 Å². The molecule has 1 aliphatic heterocycles. The van der Waals surface area contributed by atoms with Crippen LogP contribution in [0.1, 0.15) is 24.2 Å². The monoisotopic (exact) mass is 463 g/mol. The van der Waals surface area contributed by atoms with Crippen molar-refractivity contribution in [2.24, 2.45) is 0 Å². The first-order chi connectivity index (χ1) is 15.2. The number of piperazine rings is 1. The molecule has 0 aliphatic carbocycles. The quantitative estimate of drug-likeness (QED) is 0.261. The van der Waals surface area contributed by atoms with Crippen LogP contribution in [-0.4, -0.2) is 67.7 Å². The van der Waals surface area contributed by atoms with Crippen molar-refractivity contribution in [3.63, 3.8) is 0 Å². The molecule has 0 radical (unpaired) electrons. The number of nitro groups is 1. The summed E-state index contributed by atoms with van der Waals surface area (Å²) in [5.74, 6) is -0.287. The number of carbonyl (C=O) groups is 1. The third kappa shape index (κ3) is 4.65. The second kappa shape index (κ2) is 9.49. The summed E-state index contributed by atoms with van der Waals surface area (Å²) in [6.45, 7) is 5.22. The second-order valence-corrected chi connectivity index (χ2v) is 9.17. The molecule has 2 aromatic rings. The molecule has 0 saturated carbocycles. The Morgan fingerprint density at radius 3 is 2.38 bits per heavy atom. The highest BCUT2D eigenvalue weighted by molar-refractivity contribution is 7.89. The Morgan fingerprint density at radius 1 is 1.16 bits per heavy atom. The van der Waals surface area contributed by atoms with Gasteiger partial charge in [0.15, 0.2) is 12.4 Å². The number of aromatic nitrogens is 1. The number of carbonyl (C=O) groups excluding carboxylic acids is 1. The van der Waals surface area contributed by atoms with Gasteiger partial charge in [0.05, 0.1) is 9.82 Å². The minimum absolute atomic E-state index is 0.125. The number of anilines is 1. The SMILES string of the molecule is CCN(CC)S(=O)(=O)c1ccc(N2CCN(C(=O)c3ccc[n+]([O-])c3)CC2)c([N+](=O)[O-])c1. The first-order valence-corrected chi connectivity index (χ1v) is 11.6. The number of nitrogens with zero attached hydrogens (tertiary/aromatic N) is 5. The Morgan fingerprint density at radius 2 is 1.81 bits per heavy atom. The van der Waals surface area contributed by atoms with Gasteiger partial charge in [-0.2, -0.15) is 9.04 Å². The first kappa shape index (κ1) is 23.4. The summed E-state index contributed by atoms with van der Waals surface area (Å²) in [6, 6.07) is 6.97. The standard InChI is InChI=1S/C20H25N5O6S/c1-3-24(4-2)32(30,31)17-7-8-18(19(14-17)25(28)29)21-10-12-22(13-11-21)20(26)16-6-5-9-23(27)15-16/h5-9,14-15H,3-4,10-13H2,1-2H3. The molecule has 12 heteroatoms. The third-order valence-corrected chi connectivity index (χ3v) is 7.46. The fourth-order valence-corrected chi connectivity index (χ4v) is 5.18. The summed E-state index contributed by atoms with van der Waals surface area (Å²) in [6.07, 6.45) is 2.49. The molecule has 0 unspecified atom stereocenters. The third-order valence-electron chi connectivity index (χ3n) is 5.42. The Kier molecular flexibility index (Phi) is 6.94. The van der Waals surface area contributed by atoms with Crippen LogP contribution in [-0.2, 0) is 10.0 Å². The molecule has 1 aromatic heterocycles. The van der Waals surface area contributed by atoms with Gasteiger partial charge in [-0.25, -0.2) is 8.42 Å². The van der Waals surface area contributed by atoms with Gasteiger partial charge in [0.2, 0.25) is 10.0 Å². The number of amides is 1. The predicted octanol–water partition coefficient (Wildman–Crippen LogP) is 1.22. The molecule has 0 N–H and O–H groups in total. The van der Waals surface area contributed by atoms with Gasteiger partial charge in [0.25, 0.3) is 11.6 Å². The topological polar surface area (TPSA) is 131 Å². The minimum Gasteiger partial charge on any atom is -0.619 e. The predicted molar refractivity (Wildman–Crippen MR) is 117 cm³/mol. The fraction of sp³-hybridized carbons (Fsp3) is 0.400. The smallest absolute Gasteiger partial charge is 0.293 e. The van der Waals surface area contributed by atoms with Crippen LogP contribution < -0.4 is 9.63 Å². The molecule has 1 saturated heterocycles. The minimum atomic E-state index is -3.83. The van der Waals surface area contributed by atoms with Gasteiger partial charge in [-0.3, -0.25) is 14.9 Å². The van der Waals surface area contributed by atoms with E-state index in [4.69, 9.17) is 0 Å². The Balaban J connectivity index is 1.80. The molecule has 0 spiro atoms. The highest BCUT2D eigenvalue weighted by atomic mass is 32.2. The summed E-state index contributed by atoms with van der Waals surface area (Å²) >= 11 is 0. The number of pyridine rings is 1. The highest BCUT2D eigenvalue weighted by Gasteiger charge is 2.30. The lowest BCUT2D eigenvalue weighted by atomic mass is 10.2. The van der Waals surface area contributed by atoms with Crippen LogP contribution in [0, 0.1) is 15.3 Å². The van der Waals surface area contributed by atoms with E-state index in [1.807, 2.05) is 0 Å². The molecule has 3 rings (SSSR count). The maximum absolute atomic E-state index is 12.8. The molecular formula is C20H25N5O6S. The number of benzene rings is 1. The summed E-state index contributed by atoms with van der Waals surface area (Å²) in [5, 5.41) is 23.1. The van der Waals surface area contributed by atoms with E-state index in [9.17, 15) is 28.5 Å². The van der Waals surface area contributed by atoms with Crippen molar-refractivity contribution in [1.82, 2.24) is 9.21 Å². The van der Waals surface area contributed by atoms with Crippen LogP contribution in [0.5, 0.6) is 0 Å². The van der Waals surface area contributed by atoms with E-state index in [1.54, 1.807) is 29.7 Å². The van der Waals surface area contributed by atoms with Crippen molar-refractivity contribution < 1.29 is 22.9 Å². The van der Waals surface area contributed by atoms with E-state index >= 15 is 0 Å². The molecule has 0 atom stereocenters. The molecule has 1 amide bonds. The molecule has 1 aliphatic rings. The zero-order valence-electron chi connectivity index (χ0n) is 17.9. The number of hydrogen-bond donors (Lipinski definition) is 0. The lowest BCUT2D eigenvalue weighted by Gasteiger charge is -2.35. The molecular weight excluding hydrogens is 438 g/mol. The Bertz CT molecular complexity index is 1110. The number of sulfonamides is 1. The number of rotatable bonds is 7. The lowest BCUT2D eigenvalue weighted by molar-refractivity contribution is -0.605. The van der Waals surface area contributed by atoms with Crippen LogP contribution in [0.15, 0.2) is 47.6 Å². The zero-order chi connectivity index (χ0) is 23.5. The van der Waals surface area contributed by atoms with Gasteiger partial charge >= 0.3 is 0 Å². The largest absolute Gasteiger partial charge is 0.619 e. The van der Waals surface area contributed by atoms with Crippen LogP contribution in [0.4, 0.5) is 11.4 Å². The van der Waals surface area contributed by atoms with Gasteiger partial charge in [-0.15, -0.1) is 0 Å². The number of nitro benzene ring substituents is 1. The maximum atomic E-state index is 12.8. The van der Waals surface area contributed by atoms with E-state index in [-0.39, 0.29) is 35.1 Å². The van der Waals surface area contributed by atoms with Crippen LogP contribution in [0.25, 0.3) is 0 Å². The average Bonchev–Trinajstić information content (AvgIpc) is 2.79. The first-order valence-electron chi connectivity index (χ1n) is 10.2.